The highest BCUT2D eigenvalue weighted by molar-refractivity contribution is 8.00. The highest BCUT2D eigenvalue weighted by Gasteiger charge is 2.27. The van der Waals surface area contributed by atoms with E-state index in [1.165, 1.54) is 31.0 Å². The number of thioether (sulfide) groups is 1. The van der Waals surface area contributed by atoms with Crippen LogP contribution < -0.4 is 5.32 Å². The quantitative estimate of drug-likeness (QED) is 0.514. The highest BCUT2D eigenvalue weighted by atomic mass is 35.5. The summed E-state index contributed by atoms with van der Waals surface area (Å²) in [6.45, 7) is 0. The lowest BCUT2D eigenvalue weighted by molar-refractivity contribution is -0.384. The minimum Gasteiger partial charge on any atom is -0.323 e. The topological polar surface area (TPSA) is 72.2 Å². The predicted octanol–water partition coefficient (Wildman–Crippen LogP) is 5.60. The fourth-order valence-electron chi connectivity index (χ4n) is 3.05. The lowest BCUT2D eigenvalue weighted by atomic mass is 10.1. The molecule has 26 heavy (non-hydrogen) atoms. The molecular formula is C19H19ClN2O3S. The van der Waals surface area contributed by atoms with Gasteiger partial charge in [0.1, 0.15) is 5.25 Å². The van der Waals surface area contributed by atoms with Crippen LogP contribution in [0.1, 0.15) is 36.5 Å². The number of non-ortho nitro benzene ring substituents is 1. The van der Waals surface area contributed by atoms with Crippen molar-refractivity contribution in [1.29, 1.82) is 0 Å². The third kappa shape index (κ3) is 4.56. The Labute approximate surface area is 161 Å². The summed E-state index contributed by atoms with van der Waals surface area (Å²) in [5.41, 5.74) is 1.23. The van der Waals surface area contributed by atoms with E-state index < -0.39 is 4.92 Å². The lowest BCUT2D eigenvalue weighted by Gasteiger charge is -2.20. The minimum absolute atomic E-state index is 0.104. The molecule has 5 nitrogen and oxygen atoms in total. The van der Waals surface area contributed by atoms with Gasteiger partial charge in [0.2, 0.25) is 5.91 Å². The summed E-state index contributed by atoms with van der Waals surface area (Å²) in [5, 5.41) is 14.0. The Balaban J connectivity index is 1.80. The van der Waals surface area contributed by atoms with Crippen LogP contribution in [0.15, 0.2) is 48.5 Å². The van der Waals surface area contributed by atoms with Crippen LogP contribution in [0.2, 0.25) is 5.02 Å². The summed E-state index contributed by atoms with van der Waals surface area (Å²) in [4.78, 5) is 23.3. The van der Waals surface area contributed by atoms with Gasteiger partial charge in [0.05, 0.1) is 15.6 Å². The molecule has 1 aliphatic rings. The highest BCUT2D eigenvalue weighted by Crippen LogP contribution is 2.40. The summed E-state index contributed by atoms with van der Waals surface area (Å²) in [6, 6.07) is 13.7. The van der Waals surface area contributed by atoms with Crippen LogP contribution in [0.5, 0.6) is 0 Å². The zero-order valence-electron chi connectivity index (χ0n) is 14.1. The van der Waals surface area contributed by atoms with Crippen LogP contribution in [-0.4, -0.2) is 16.1 Å². The number of nitro benzene ring substituents is 1. The maximum absolute atomic E-state index is 12.9. The number of benzene rings is 2. The summed E-state index contributed by atoms with van der Waals surface area (Å²) >= 11 is 7.80. The van der Waals surface area contributed by atoms with E-state index in [9.17, 15) is 14.9 Å². The Morgan fingerprint density at radius 3 is 2.50 bits per heavy atom. The zero-order valence-corrected chi connectivity index (χ0v) is 15.6. The van der Waals surface area contributed by atoms with Crippen LogP contribution in [0.25, 0.3) is 0 Å². The van der Waals surface area contributed by atoms with Crippen LogP contribution >= 0.6 is 23.4 Å². The van der Waals surface area contributed by atoms with E-state index in [0.29, 0.717) is 10.9 Å². The number of hydrogen-bond donors (Lipinski definition) is 1. The van der Waals surface area contributed by atoms with Crippen molar-refractivity contribution in [3.63, 3.8) is 0 Å². The molecule has 1 saturated carbocycles. The van der Waals surface area contributed by atoms with E-state index in [2.05, 4.69) is 5.32 Å². The summed E-state index contributed by atoms with van der Waals surface area (Å²) in [5.74, 6) is -0.163. The van der Waals surface area contributed by atoms with E-state index in [0.717, 1.165) is 18.4 Å². The molecule has 0 radical (unpaired) electrons. The molecule has 2 aromatic carbocycles. The van der Waals surface area contributed by atoms with Gasteiger partial charge in [-0.05, 0) is 24.5 Å². The first kappa shape index (κ1) is 18.7. The van der Waals surface area contributed by atoms with Gasteiger partial charge in [-0.15, -0.1) is 11.8 Å². The zero-order chi connectivity index (χ0) is 18.5. The molecule has 0 bridgehead atoms. The number of nitrogens with zero attached hydrogens (tertiary/aromatic N) is 1. The van der Waals surface area contributed by atoms with Gasteiger partial charge >= 0.3 is 0 Å². The molecule has 1 atom stereocenters. The second kappa shape index (κ2) is 8.56. The maximum Gasteiger partial charge on any atom is 0.271 e. The molecule has 0 unspecified atom stereocenters. The Bertz CT molecular complexity index is 795. The number of halogens is 1. The van der Waals surface area contributed by atoms with E-state index in [4.69, 9.17) is 11.6 Å². The second-order valence-electron chi connectivity index (χ2n) is 6.24. The van der Waals surface area contributed by atoms with Crippen molar-refractivity contribution in [3.8, 4) is 0 Å². The van der Waals surface area contributed by atoms with Gasteiger partial charge in [-0.1, -0.05) is 54.8 Å². The fourth-order valence-corrected chi connectivity index (χ4v) is 4.76. The molecule has 1 aliphatic carbocycles. The van der Waals surface area contributed by atoms with Crippen molar-refractivity contribution < 1.29 is 9.72 Å². The van der Waals surface area contributed by atoms with E-state index in [-0.39, 0.29) is 21.9 Å². The van der Waals surface area contributed by atoms with E-state index in [1.807, 2.05) is 30.3 Å². The van der Waals surface area contributed by atoms with Crippen molar-refractivity contribution in [3.05, 3.63) is 69.2 Å². The number of carbonyl (C=O) groups excluding carboxylic acids is 1. The van der Waals surface area contributed by atoms with Crippen molar-refractivity contribution in [1.82, 2.24) is 0 Å². The molecule has 136 valence electrons. The van der Waals surface area contributed by atoms with E-state index >= 15 is 0 Å². The molecular weight excluding hydrogens is 372 g/mol. The third-order valence-electron chi connectivity index (χ3n) is 4.39. The maximum atomic E-state index is 12.9. The molecule has 0 heterocycles. The average molecular weight is 391 g/mol. The number of carbonyl (C=O) groups is 1. The van der Waals surface area contributed by atoms with Gasteiger partial charge in [0.15, 0.2) is 0 Å². The van der Waals surface area contributed by atoms with Crippen molar-refractivity contribution in [2.45, 2.75) is 36.2 Å². The molecule has 0 aromatic heterocycles. The SMILES string of the molecule is O=C(Nc1ccc([N+](=O)[O-])cc1Cl)[C@@H](SC1CCCC1)c1ccccc1. The largest absolute Gasteiger partial charge is 0.323 e. The second-order valence-corrected chi connectivity index (χ2v) is 8.06. The van der Waals surface area contributed by atoms with Crippen LogP contribution in [-0.2, 0) is 4.79 Å². The van der Waals surface area contributed by atoms with Crippen molar-refractivity contribution >= 4 is 40.6 Å². The Hall–Kier alpha value is -2.05. The summed E-state index contributed by atoms with van der Waals surface area (Å²) in [7, 11) is 0. The molecule has 0 saturated heterocycles. The van der Waals surface area contributed by atoms with Crippen LogP contribution in [0.4, 0.5) is 11.4 Å². The van der Waals surface area contributed by atoms with Gasteiger partial charge < -0.3 is 5.32 Å². The first-order valence-electron chi connectivity index (χ1n) is 8.50. The first-order valence-corrected chi connectivity index (χ1v) is 9.82. The standard InChI is InChI=1S/C19H19ClN2O3S/c20-16-12-14(22(24)25)10-11-17(16)21-19(23)18(13-6-2-1-3-7-13)26-15-8-4-5-9-15/h1-3,6-7,10-12,15,18H,4-5,8-9H2,(H,21,23)/t18-/m0/s1. The molecule has 0 spiro atoms. The van der Waals surface area contributed by atoms with Crippen LogP contribution in [0.3, 0.4) is 0 Å². The third-order valence-corrected chi connectivity index (χ3v) is 6.32. The smallest absolute Gasteiger partial charge is 0.271 e. The minimum atomic E-state index is -0.514. The number of nitrogens with one attached hydrogen (secondary N) is 1. The first-order chi connectivity index (χ1) is 12.5. The Morgan fingerprint density at radius 2 is 1.88 bits per heavy atom. The van der Waals surface area contributed by atoms with Gasteiger partial charge in [0.25, 0.3) is 5.69 Å². The molecule has 2 aromatic rings. The molecule has 7 heteroatoms. The molecule has 0 aliphatic heterocycles. The summed E-state index contributed by atoms with van der Waals surface area (Å²) in [6.07, 6.45) is 4.66. The van der Waals surface area contributed by atoms with Gasteiger partial charge in [-0.25, -0.2) is 0 Å². The number of rotatable bonds is 6. The Kier molecular flexibility index (Phi) is 6.16. The van der Waals surface area contributed by atoms with Crippen LogP contribution in [0, 0.1) is 10.1 Å². The Morgan fingerprint density at radius 1 is 1.19 bits per heavy atom. The monoisotopic (exact) mass is 390 g/mol. The number of amides is 1. The predicted molar refractivity (Wildman–Crippen MR) is 106 cm³/mol. The molecule has 1 amide bonds. The van der Waals surface area contributed by atoms with Gasteiger partial charge in [-0.2, -0.15) is 0 Å². The van der Waals surface area contributed by atoms with Crippen molar-refractivity contribution in [2.75, 3.05) is 5.32 Å². The van der Waals surface area contributed by atoms with E-state index in [1.54, 1.807) is 11.8 Å². The molecule has 1 N–H and O–H groups in total. The average Bonchev–Trinajstić information content (AvgIpc) is 3.15. The van der Waals surface area contributed by atoms with Crippen molar-refractivity contribution in [2.24, 2.45) is 0 Å². The van der Waals surface area contributed by atoms with Gasteiger partial charge in [0, 0.05) is 17.4 Å². The molecule has 1 fully saturated rings. The summed E-state index contributed by atoms with van der Waals surface area (Å²) < 4.78 is 0. The normalized spacial score (nSPS) is 15.6. The molecule has 3 rings (SSSR count). The number of nitro groups is 1. The fraction of sp³-hybridized carbons (Fsp3) is 0.316. The number of anilines is 1. The lowest BCUT2D eigenvalue weighted by Crippen LogP contribution is -2.21. The van der Waals surface area contributed by atoms with Gasteiger partial charge in [-0.3, -0.25) is 14.9 Å². The number of hydrogen-bond acceptors (Lipinski definition) is 4.